The molecular formula is C22H17F3O. The van der Waals surface area contributed by atoms with Gasteiger partial charge in [0.25, 0.3) is 0 Å². The van der Waals surface area contributed by atoms with Crippen LogP contribution in [-0.4, -0.2) is 0 Å². The standard InChI is InChI=1S/C22H17F3O/c1-16-15-19(22(23,24)25)11-14-21(16)26-20-12-9-18(10-13-20)8-7-17-5-3-2-4-6-17/h2-15H,1H3/b8-7+. The molecule has 0 aliphatic carbocycles. The van der Waals surface area contributed by atoms with Crippen molar-refractivity contribution in [2.45, 2.75) is 13.1 Å². The van der Waals surface area contributed by atoms with Gasteiger partial charge in [0.05, 0.1) is 5.56 Å². The molecule has 0 unspecified atom stereocenters. The van der Waals surface area contributed by atoms with Gasteiger partial charge in [0.15, 0.2) is 0 Å². The smallest absolute Gasteiger partial charge is 0.416 e. The molecule has 3 rings (SSSR count). The highest BCUT2D eigenvalue weighted by molar-refractivity contribution is 5.69. The first-order chi connectivity index (χ1) is 12.4. The van der Waals surface area contributed by atoms with Crippen LogP contribution in [0.25, 0.3) is 12.2 Å². The fraction of sp³-hybridized carbons (Fsp3) is 0.0909. The van der Waals surface area contributed by atoms with Crippen molar-refractivity contribution in [3.8, 4) is 11.5 Å². The fourth-order valence-corrected chi connectivity index (χ4v) is 2.47. The molecule has 0 aromatic heterocycles. The van der Waals surface area contributed by atoms with Crippen LogP contribution in [0.3, 0.4) is 0 Å². The van der Waals surface area contributed by atoms with Gasteiger partial charge < -0.3 is 4.74 Å². The average Bonchev–Trinajstić information content (AvgIpc) is 2.63. The quantitative estimate of drug-likeness (QED) is 0.459. The highest BCUT2D eigenvalue weighted by Gasteiger charge is 2.30. The molecule has 0 saturated heterocycles. The maximum Gasteiger partial charge on any atom is 0.416 e. The third-order valence-electron chi connectivity index (χ3n) is 3.88. The summed E-state index contributed by atoms with van der Waals surface area (Å²) in [7, 11) is 0. The van der Waals surface area contributed by atoms with Crippen LogP contribution >= 0.6 is 0 Å². The van der Waals surface area contributed by atoms with Crippen LogP contribution < -0.4 is 4.74 Å². The number of aryl methyl sites for hydroxylation is 1. The SMILES string of the molecule is Cc1cc(C(F)(F)F)ccc1Oc1ccc(/C=C/c2ccccc2)cc1. The molecule has 0 aliphatic rings. The highest BCUT2D eigenvalue weighted by atomic mass is 19.4. The second kappa shape index (κ2) is 7.48. The van der Waals surface area contributed by atoms with Crippen molar-refractivity contribution in [2.24, 2.45) is 0 Å². The molecule has 0 amide bonds. The maximum absolute atomic E-state index is 12.7. The van der Waals surface area contributed by atoms with E-state index in [1.165, 1.54) is 6.07 Å². The van der Waals surface area contributed by atoms with E-state index in [0.29, 0.717) is 17.1 Å². The summed E-state index contributed by atoms with van der Waals surface area (Å²) in [5.41, 5.74) is 1.87. The Morgan fingerprint density at radius 2 is 1.38 bits per heavy atom. The second-order valence-corrected chi connectivity index (χ2v) is 5.89. The predicted molar refractivity (Wildman–Crippen MR) is 98.1 cm³/mol. The van der Waals surface area contributed by atoms with Crippen molar-refractivity contribution in [3.63, 3.8) is 0 Å². The Balaban J connectivity index is 1.71. The minimum atomic E-state index is -4.35. The van der Waals surface area contributed by atoms with Gasteiger partial charge in [-0.05, 0) is 53.9 Å². The molecule has 0 N–H and O–H groups in total. The first-order valence-corrected chi connectivity index (χ1v) is 8.11. The molecule has 132 valence electrons. The van der Waals surface area contributed by atoms with Crippen molar-refractivity contribution < 1.29 is 17.9 Å². The maximum atomic E-state index is 12.7. The largest absolute Gasteiger partial charge is 0.457 e. The van der Waals surface area contributed by atoms with E-state index >= 15 is 0 Å². The summed E-state index contributed by atoms with van der Waals surface area (Å²) in [6, 6.07) is 20.8. The zero-order valence-corrected chi connectivity index (χ0v) is 14.1. The minimum Gasteiger partial charge on any atom is -0.457 e. The number of alkyl halides is 3. The number of hydrogen-bond acceptors (Lipinski definition) is 1. The summed E-state index contributed by atoms with van der Waals surface area (Å²) in [4.78, 5) is 0. The number of halogens is 3. The lowest BCUT2D eigenvalue weighted by Crippen LogP contribution is -2.05. The second-order valence-electron chi connectivity index (χ2n) is 5.89. The van der Waals surface area contributed by atoms with E-state index < -0.39 is 11.7 Å². The molecule has 4 heteroatoms. The van der Waals surface area contributed by atoms with Gasteiger partial charge in [-0.15, -0.1) is 0 Å². The molecule has 3 aromatic carbocycles. The van der Waals surface area contributed by atoms with E-state index in [0.717, 1.165) is 23.3 Å². The van der Waals surface area contributed by atoms with Gasteiger partial charge in [-0.1, -0.05) is 54.6 Å². The van der Waals surface area contributed by atoms with E-state index in [-0.39, 0.29) is 0 Å². The first kappa shape index (κ1) is 17.8. The number of rotatable bonds is 4. The molecular weight excluding hydrogens is 337 g/mol. The van der Waals surface area contributed by atoms with Gasteiger partial charge in [-0.3, -0.25) is 0 Å². The summed E-state index contributed by atoms with van der Waals surface area (Å²) < 4.78 is 43.9. The Bertz CT molecular complexity index is 895. The molecule has 26 heavy (non-hydrogen) atoms. The Labute approximate surface area is 150 Å². The van der Waals surface area contributed by atoms with E-state index in [2.05, 4.69) is 0 Å². The van der Waals surface area contributed by atoms with Gasteiger partial charge in [-0.2, -0.15) is 13.2 Å². The van der Waals surface area contributed by atoms with Crippen molar-refractivity contribution in [1.29, 1.82) is 0 Å². The monoisotopic (exact) mass is 354 g/mol. The molecule has 0 bridgehead atoms. The van der Waals surface area contributed by atoms with Crippen molar-refractivity contribution in [2.75, 3.05) is 0 Å². The zero-order valence-electron chi connectivity index (χ0n) is 14.1. The van der Waals surface area contributed by atoms with Crippen molar-refractivity contribution in [1.82, 2.24) is 0 Å². The molecule has 0 atom stereocenters. The topological polar surface area (TPSA) is 9.23 Å². The zero-order chi connectivity index (χ0) is 18.6. The van der Waals surface area contributed by atoms with Crippen LogP contribution in [0.1, 0.15) is 22.3 Å². The number of benzene rings is 3. The molecule has 3 aromatic rings. The molecule has 0 heterocycles. The van der Waals surface area contributed by atoms with E-state index in [9.17, 15) is 13.2 Å². The summed E-state index contributed by atoms with van der Waals surface area (Å²) in [6.07, 6.45) is -0.353. The molecule has 0 spiro atoms. The Morgan fingerprint density at radius 1 is 0.769 bits per heavy atom. The first-order valence-electron chi connectivity index (χ1n) is 8.11. The van der Waals surface area contributed by atoms with Crippen LogP contribution in [0.2, 0.25) is 0 Å². The molecule has 0 aliphatic heterocycles. The van der Waals surface area contributed by atoms with E-state index in [4.69, 9.17) is 4.74 Å². The molecule has 0 radical (unpaired) electrons. The van der Waals surface area contributed by atoms with E-state index in [1.54, 1.807) is 19.1 Å². The lowest BCUT2D eigenvalue weighted by Gasteiger charge is -2.12. The van der Waals surface area contributed by atoms with Crippen molar-refractivity contribution >= 4 is 12.2 Å². The summed E-state index contributed by atoms with van der Waals surface area (Å²) in [5.74, 6) is 0.982. The third-order valence-corrected chi connectivity index (χ3v) is 3.88. The predicted octanol–water partition coefficient (Wildman–Crippen LogP) is 6.98. The van der Waals surface area contributed by atoms with Gasteiger partial charge in [0.1, 0.15) is 11.5 Å². The van der Waals surface area contributed by atoms with Crippen LogP contribution in [-0.2, 0) is 6.18 Å². The van der Waals surface area contributed by atoms with E-state index in [1.807, 2.05) is 54.6 Å². The van der Waals surface area contributed by atoms with Gasteiger partial charge in [-0.25, -0.2) is 0 Å². The number of hydrogen-bond donors (Lipinski definition) is 0. The average molecular weight is 354 g/mol. The summed E-state index contributed by atoms with van der Waals surface area (Å²) in [5, 5.41) is 0. The third kappa shape index (κ3) is 4.54. The molecule has 0 saturated carbocycles. The lowest BCUT2D eigenvalue weighted by molar-refractivity contribution is -0.137. The Morgan fingerprint density at radius 3 is 1.96 bits per heavy atom. The minimum absolute atomic E-state index is 0.408. The normalized spacial score (nSPS) is 11.7. The lowest BCUT2D eigenvalue weighted by atomic mass is 10.1. The van der Waals surface area contributed by atoms with Crippen LogP contribution in [0.15, 0.2) is 72.8 Å². The molecule has 0 fully saturated rings. The van der Waals surface area contributed by atoms with Crippen LogP contribution in [0.5, 0.6) is 11.5 Å². The summed E-state index contributed by atoms with van der Waals surface area (Å²) in [6.45, 7) is 1.60. The number of ether oxygens (including phenoxy) is 1. The fourth-order valence-electron chi connectivity index (χ4n) is 2.47. The summed E-state index contributed by atoms with van der Waals surface area (Å²) >= 11 is 0. The Kier molecular flexibility index (Phi) is 5.12. The Hall–Kier alpha value is -3.01. The van der Waals surface area contributed by atoms with Crippen molar-refractivity contribution in [3.05, 3.63) is 95.1 Å². The van der Waals surface area contributed by atoms with Crippen LogP contribution in [0.4, 0.5) is 13.2 Å². The van der Waals surface area contributed by atoms with Crippen LogP contribution in [0, 0.1) is 6.92 Å². The van der Waals surface area contributed by atoms with Gasteiger partial charge in [0, 0.05) is 0 Å². The van der Waals surface area contributed by atoms with Gasteiger partial charge >= 0.3 is 6.18 Å². The molecule has 1 nitrogen and oxygen atoms in total. The van der Waals surface area contributed by atoms with Gasteiger partial charge in [0.2, 0.25) is 0 Å². The highest BCUT2D eigenvalue weighted by Crippen LogP contribution is 2.33.